The summed E-state index contributed by atoms with van der Waals surface area (Å²) in [5, 5.41) is 3.02. The molecule has 0 bridgehead atoms. The second kappa shape index (κ2) is 10.8. The Labute approximate surface area is 127 Å². The van der Waals surface area contributed by atoms with E-state index in [0.29, 0.717) is 25.2 Å². The molecule has 0 amide bonds. The van der Waals surface area contributed by atoms with Crippen LogP contribution in [-0.4, -0.2) is 52.2 Å². The fraction of sp³-hybridized carbons (Fsp3) is 0.900. The van der Waals surface area contributed by atoms with Gasteiger partial charge >= 0.3 is 0 Å². The smallest absolute Gasteiger partial charge is 0.188 e. The zero-order valence-corrected chi connectivity index (χ0v) is 14.3. The normalized spacial score (nSPS) is 13.8. The van der Waals surface area contributed by atoms with E-state index in [1.807, 2.05) is 6.92 Å². The van der Waals surface area contributed by atoms with Gasteiger partial charge in [0.2, 0.25) is 0 Å². The van der Waals surface area contributed by atoms with Crippen LogP contribution in [0.15, 0.2) is 4.99 Å². The number of aliphatic imine (C=N–C) groups is 1. The molecule has 0 aromatic heterocycles. The molecule has 0 aromatic carbocycles. The minimum Gasteiger partial charge on any atom is -0.378 e. The lowest BCUT2D eigenvalue weighted by Gasteiger charge is -2.11. The molecule has 0 aliphatic rings. The molecular formula is C10H24IN3O3S. The van der Waals surface area contributed by atoms with Crippen LogP contribution in [0.1, 0.15) is 20.3 Å². The molecule has 0 saturated carbocycles. The first-order valence-corrected chi connectivity index (χ1v) is 7.73. The van der Waals surface area contributed by atoms with Crippen LogP contribution in [0, 0.1) is 0 Å². The van der Waals surface area contributed by atoms with Gasteiger partial charge in [-0.25, -0.2) is 8.42 Å². The van der Waals surface area contributed by atoms with Gasteiger partial charge < -0.3 is 15.8 Å². The summed E-state index contributed by atoms with van der Waals surface area (Å²) >= 11 is 0. The first-order valence-electron chi connectivity index (χ1n) is 5.67. The van der Waals surface area contributed by atoms with Gasteiger partial charge in [0, 0.05) is 12.3 Å². The Hall–Kier alpha value is -0.0900. The Morgan fingerprint density at radius 2 is 2.06 bits per heavy atom. The fourth-order valence-electron chi connectivity index (χ4n) is 0.943. The molecule has 0 aliphatic carbocycles. The summed E-state index contributed by atoms with van der Waals surface area (Å²) in [6.07, 6.45) is 2.16. The summed E-state index contributed by atoms with van der Waals surface area (Å²) < 4.78 is 26.7. The molecule has 110 valence electrons. The maximum Gasteiger partial charge on any atom is 0.188 e. The summed E-state index contributed by atoms with van der Waals surface area (Å²) in [5.74, 6) is 0.434. The van der Waals surface area contributed by atoms with E-state index in [0.717, 1.165) is 6.42 Å². The van der Waals surface area contributed by atoms with E-state index in [1.54, 1.807) is 0 Å². The van der Waals surface area contributed by atoms with Crippen molar-refractivity contribution in [3.8, 4) is 0 Å². The van der Waals surface area contributed by atoms with Crippen LogP contribution in [0.25, 0.3) is 0 Å². The summed E-state index contributed by atoms with van der Waals surface area (Å²) in [6.45, 7) is 5.08. The highest BCUT2D eigenvalue weighted by Gasteiger charge is 2.01. The van der Waals surface area contributed by atoms with Gasteiger partial charge in [-0.05, 0) is 13.3 Å². The standard InChI is InChI=1S/C10H23N3O3S.HI/c1-4-9(2)13-10(11)12-5-6-16-7-8-17(3,14)15;/h9H,4-8H2,1-3H3,(H3,11,12,13);1H. The van der Waals surface area contributed by atoms with E-state index < -0.39 is 9.84 Å². The third kappa shape index (κ3) is 14.0. The zero-order chi connectivity index (χ0) is 13.3. The first-order chi connectivity index (χ1) is 7.85. The Morgan fingerprint density at radius 1 is 1.44 bits per heavy atom. The molecule has 3 N–H and O–H groups in total. The van der Waals surface area contributed by atoms with Gasteiger partial charge in [0.1, 0.15) is 9.84 Å². The van der Waals surface area contributed by atoms with E-state index in [1.165, 1.54) is 6.26 Å². The second-order valence-corrected chi connectivity index (χ2v) is 6.22. The molecule has 1 unspecified atom stereocenters. The highest BCUT2D eigenvalue weighted by Crippen LogP contribution is 1.87. The summed E-state index contributed by atoms with van der Waals surface area (Å²) in [5.41, 5.74) is 5.62. The lowest BCUT2D eigenvalue weighted by Crippen LogP contribution is -2.38. The van der Waals surface area contributed by atoms with Crippen molar-refractivity contribution >= 4 is 39.8 Å². The monoisotopic (exact) mass is 393 g/mol. The van der Waals surface area contributed by atoms with E-state index >= 15 is 0 Å². The predicted molar refractivity (Wildman–Crippen MR) is 85.3 cm³/mol. The quantitative estimate of drug-likeness (QED) is 0.269. The van der Waals surface area contributed by atoms with Crippen LogP contribution in [-0.2, 0) is 14.6 Å². The van der Waals surface area contributed by atoms with Gasteiger partial charge in [-0.2, -0.15) is 0 Å². The zero-order valence-electron chi connectivity index (χ0n) is 11.2. The van der Waals surface area contributed by atoms with E-state index in [4.69, 9.17) is 10.5 Å². The number of rotatable bonds is 8. The number of nitrogens with zero attached hydrogens (tertiary/aromatic N) is 1. The maximum atomic E-state index is 10.8. The van der Waals surface area contributed by atoms with E-state index in [-0.39, 0.29) is 36.3 Å². The number of hydrogen-bond donors (Lipinski definition) is 2. The van der Waals surface area contributed by atoms with Crippen LogP contribution >= 0.6 is 24.0 Å². The average molecular weight is 393 g/mol. The number of nitrogens with two attached hydrogens (primary N) is 1. The van der Waals surface area contributed by atoms with Gasteiger partial charge in [-0.15, -0.1) is 24.0 Å². The van der Waals surface area contributed by atoms with Gasteiger partial charge in [0.25, 0.3) is 0 Å². The van der Waals surface area contributed by atoms with Crippen LogP contribution in [0.4, 0.5) is 0 Å². The van der Waals surface area contributed by atoms with Crippen molar-refractivity contribution in [2.75, 3.05) is 31.8 Å². The third-order valence-corrected chi connectivity index (χ3v) is 3.03. The fourth-order valence-corrected chi connectivity index (χ4v) is 1.36. The molecule has 0 radical (unpaired) electrons. The molecule has 0 fully saturated rings. The molecular weight excluding hydrogens is 369 g/mol. The Kier molecular flexibility index (Phi) is 12.1. The van der Waals surface area contributed by atoms with Gasteiger partial charge in [0.05, 0.1) is 25.5 Å². The number of guanidine groups is 1. The number of hydrogen-bond acceptors (Lipinski definition) is 4. The van der Waals surface area contributed by atoms with Crippen molar-refractivity contribution in [1.29, 1.82) is 0 Å². The molecule has 0 saturated heterocycles. The lowest BCUT2D eigenvalue weighted by molar-refractivity contribution is 0.157. The number of nitrogens with one attached hydrogen (secondary N) is 1. The Morgan fingerprint density at radius 3 is 2.56 bits per heavy atom. The van der Waals surface area contributed by atoms with Crippen molar-refractivity contribution in [1.82, 2.24) is 5.32 Å². The molecule has 1 atom stereocenters. The third-order valence-electron chi connectivity index (χ3n) is 2.12. The average Bonchev–Trinajstić information content (AvgIpc) is 2.21. The van der Waals surface area contributed by atoms with E-state index in [9.17, 15) is 8.42 Å². The van der Waals surface area contributed by atoms with Gasteiger partial charge in [-0.1, -0.05) is 6.92 Å². The summed E-state index contributed by atoms with van der Waals surface area (Å²) in [4.78, 5) is 4.05. The number of ether oxygens (including phenoxy) is 1. The topological polar surface area (TPSA) is 93.8 Å². The van der Waals surface area contributed by atoms with Crippen LogP contribution in [0.5, 0.6) is 0 Å². The highest BCUT2D eigenvalue weighted by molar-refractivity contribution is 14.0. The molecule has 0 rings (SSSR count). The number of sulfone groups is 1. The molecule has 0 aliphatic heterocycles. The van der Waals surface area contributed by atoms with Crippen molar-refractivity contribution < 1.29 is 13.2 Å². The summed E-state index contributed by atoms with van der Waals surface area (Å²) in [7, 11) is -2.94. The van der Waals surface area contributed by atoms with E-state index in [2.05, 4.69) is 17.2 Å². The van der Waals surface area contributed by atoms with Gasteiger partial charge in [0.15, 0.2) is 5.96 Å². The predicted octanol–water partition coefficient (Wildman–Crippen LogP) is 0.368. The molecule has 8 heteroatoms. The second-order valence-electron chi connectivity index (χ2n) is 3.96. The SMILES string of the molecule is CCC(C)NC(N)=NCCOCCS(C)(=O)=O.I. The van der Waals surface area contributed by atoms with Crippen LogP contribution in [0.2, 0.25) is 0 Å². The lowest BCUT2D eigenvalue weighted by atomic mass is 10.3. The Balaban J connectivity index is 0. The highest BCUT2D eigenvalue weighted by atomic mass is 127. The summed E-state index contributed by atoms with van der Waals surface area (Å²) in [6, 6.07) is 0.296. The van der Waals surface area contributed by atoms with Crippen molar-refractivity contribution in [3.63, 3.8) is 0 Å². The largest absolute Gasteiger partial charge is 0.378 e. The first kappa shape index (κ1) is 20.2. The van der Waals surface area contributed by atoms with Gasteiger partial charge in [-0.3, -0.25) is 4.99 Å². The van der Waals surface area contributed by atoms with Crippen molar-refractivity contribution in [2.24, 2.45) is 10.7 Å². The minimum absolute atomic E-state index is 0. The van der Waals surface area contributed by atoms with Crippen molar-refractivity contribution in [2.45, 2.75) is 26.3 Å². The molecule has 0 heterocycles. The minimum atomic E-state index is -2.94. The van der Waals surface area contributed by atoms with Crippen LogP contribution < -0.4 is 11.1 Å². The Bertz CT molecular complexity index is 333. The molecule has 0 aromatic rings. The number of halogens is 1. The maximum absolute atomic E-state index is 10.8. The van der Waals surface area contributed by atoms with Crippen LogP contribution in [0.3, 0.4) is 0 Å². The molecule has 6 nitrogen and oxygen atoms in total. The molecule has 18 heavy (non-hydrogen) atoms. The molecule has 0 spiro atoms. The van der Waals surface area contributed by atoms with Crippen molar-refractivity contribution in [3.05, 3.63) is 0 Å².